The average molecular weight is 566 g/mol. The van der Waals surface area contributed by atoms with Gasteiger partial charge in [0.1, 0.15) is 17.3 Å². The number of piperidine rings is 1. The van der Waals surface area contributed by atoms with Gasteiger partial charge < -0.3 is 29.2 Å². The highest BCUT2D eigenvalue weighted by Gasteiger charge is 2.33. The average Bonchev–Trinajstić information content (AvgIpc) is 3.38. The van der Waals surface area contributed by atoms with E-state index in [0.29, 0.717) is 29.8 Å². The number of rotatable bonds is 8. The van der Waals surface area contributed by atoms with Crippen molar-refractivity contribution in [3.05, 3.63) is 72.1 Å². The molecular formula is C28H27F2N6O5+. The minimum Gasteiger partial charge on any atom is -0.504 e. The van der Waals surface area contributed by atoms with Crippen molar-refractivity contribution in [3.63, 3.8) is 0 Å². The molecule has 0 spiro atoms. The number of aryl methyl sites for hydroxylation is 1. The van der Waals surface area contributed by atoms with Crippen LogP contribution < -0.4 is 25.5 Å². The summed E-state index contributed by atoms with van der Waals surface area (Å²) < 4.78 is 45.1. The Labute approximate surface area is 232 Å². The third kappa shape index (κ3) is 5.60. The fourth-order valence-electron chi connectivity index (χ4n) is 4.62. The number of carbonyl (C=O) groups is 1. The number of pyridine rings is 1. The van der Waals surface area contributed by atoms with Crippen molar-refractivity contribution in [1.82, 2.24) is 14.5 Å². The molecule has 0 saturated carbocycles. The highest BCUT2D eigenvalue weighted by atomic mass is 19.1. The first-order valence-corrected chi connectivity index (χ1v) is 12.6. The Hall–Kier alpha value is -5.20. The van der Waals surface area contributed by atoms with Gasteiger partial charge in [0.2, 0.25) is 11.6 Å². The highest BCUT2D eigenvalue weighted by molar-refractivity contribution is 5.93. The predicted octanol–water partition coefficient (Wildman–Crippen LogP) is 2.82. The van der Waals surface area contributed by atoms with E-state index in [4.69, 9.17) is 20.6 Å². The number of aliphatic carboxylic acids is 1. The van der Waals surface area contributed by atoms with Gasteiger partial charge in [-0.05, 0) is 37.1 Å². The summed E-state index contributed by atoms with van der Waals surface area (Å²) in [5.74, 6) is -5.45. The molecule has 4 aromatic rings. The van der Waals surface area contributed by atoms with Crippen molar-refractivity contribution in [2.24, 2.45) is 18.7 Å². The smallest absolute Gasteiger partial charge is 0.308 e. The summed E-state index contributed by atoms with van der Waals surface area (Å²) in [5, 5.41) is 25.5. The van der Waals surface area contributed by atoms with E-state index >= 15 is 8.78 Å². The van der Waals surface area contributed by atoms with Crippen molar-refractivity contribution in [1.29, 1.82) is 0 Å². The lowest BCUT2D eigenvalue weighted by Crippen LogP contribution is -2.46. The molecule has 2 aromatic carbocycles. The van der Waals surface area contributed by atoms with Crippen LogP contribution in [-0.2, 0) is 11.8 Å². The molecule has 212 valence electrons. The quantitative estimate of drug-likeness (QED) is 0.186. The molecule has 3 heterocycles. The first-order valence-electron chi connectivity index (χ1n) is 12.6. The number of ether oxygens (including phenoxy) is 2. The van der Waals surface area contributed by atoms with Crippen molar-refractivity contribution >= 4 is 17.5 Å². The number of hydrogen-bond donors (Lipinski definition) is 4. The molecule has 1 aliphatic rings. The summed E-state index contributed by atoms with van der Waals surface area (Å²) in [7, 11) is 1.82. The Bertz CT molecular complexity index is 1640. The van der Waals surface area contributed by atoms with E-state index in [9.17, 15) is 15.0 Å². The van der Waals surface area contributed by atoms with Crippen molar-refractivity contribution in [2.75, 3.05) is 18.0 Å². The van der Waals surface area contributed by atoms with Crippen LogP contribution in [0.15, 0.2) is 54.9 Å². The third-order valence-corrected chi connectivity index (χ3v) is 6.71. The first-order chi connectivity index (χ1) is 19.6. The van der Waals surface area contributed by atoms with E-state index in [1.54, 1.807) is 41.2 Å². The lowest BCUT2D eigenvalue weighted by molar-refractivity contribution is -0.142. The van der Waals surface area contributed by atoms with Crippen LogP contribution in [0.1, 0.15) is 18.4 Å². The summed E-state index contributed by atoms with van der Waals surface area (Å²) in [5.41, 5.74) is 6.05. The number of hydrogen-bond acceptors (Lipinski definition) is 7. The SMILES string of the molecule is Cn1ccnc1-c1cccc(Oc2nc(Oc3cc(C(N)=[NH2+])ccc3O)c(F)c(N3CCCC(C(=O)O)C3)c2F)c1. The van der Waals surface area contributed by atoms with Gasteiger partial charge in [-0.1, -0.05) is 12.1 Å². The topological polar surface area (TPSA) is 162 Å². The second-order valence-corrected chi connectivity index (χ2v) is 9.55. The van der Waals surface area contributed by atoms with Crippen LogP contribution in [0.4, 0.5) is 14.5 Å². The molecule has 1 atom stereocenters. The molecule has 6 N–H and O–H groups in total. The number of phenolic OH excluding ortho intramolecular Hbond substituents is 1. The molecule has 11 nitrogen and oxygen atoms in total. The molecule has 13 heteroatoms. The molecule has 5 rings (SSSR count). The number of nitrogens with two attached hydrogens (primary N) is 2. The summed E-state index contributed by atoms with van der Waals surface area (Å²) in [6.45, 7) is 0.0503. The molecule has 41 heavy (non-hydrogen) atoms. The van der Waals surface area contributed by atoms with Crippen LogP contribution in [0.5, 0.6) is 29.0 Å². The summed E-state index contributed by atoms with van der Waals surface area (Å²) in [6, 6.07) is 10.6. The normalized spacial score (nSPS) is 15.0. The molecule has 0 radical (unpaired) electrons. The van der Waals surface area contributed by atoms with Gasteiger partial charge in [-0.3, -0.25) is 15.9 Å². The van der Waals surface area contributed by atoms with Gasteiger partial charge in [0.05, 0.1) is 11.5 Å². The molecule has 0 amide bonds. The van der Waals surface area contributed by atoms with Crippen molar-refractivity contribution < 1.29 is 38.7 Å². The Kier molecular flexibility index (Phi) is 7.42. The van der Waals surface area contributed by atoms with Crippen LogP contribution in [0, 0.1) is 17.6 Å². The number of aromatic hydroxyl groups is 1. The zero-order valence-electron chi connectivity index (χ0n) is 21.9. The first kappa shape index (κ1) is 27.4. The third-order valence-electron chi connectivity index (χ3n) is 6.71. The standard InChI is InChI=1S/C28H26F2N6O5/c1-35-11-9-33-25(35)16-4-2-6-18(12-16)40-26-21(29)23(36-10-3-5-17(14-36)28(38)39)22(30)27(34-26)41-20-13-15(24(31)32)7-8-19(20)37/h2,4,6-9,11-13,17,37H,3,5,10,14H2,1H3,(H3,31,32)(H,38,39)/p+1. The van der Waals surface area contributed by atoms with Gasteiger partial charge >= 0.3 is 5.97 Å². The van der Waals surface area contributed by atoms with E-state index in [1.165, 1.54) is 23.1 Å². The summed E-state index contributed by atoms with van der Waals surface area (Å²) in [4.78, 5) is 21.2. The minimum atomic E-state index is -1.20. The number of carboxylic acids is 1. The molecule has 0 aliphatic carbocycles. The fourth-order valence-corrected chi connectivity index (χ4v) is 4.62. The molecule has 1 saturated heterocycles. The Morgan fingerprint density at radius 1 is 1.15 bits per heavy atom. The van der Waals surface area contributed by atoms with E-state index in [2.05, 4.69) is 9.97 Å². The molecule has 1 unspecified atom stereocenters. The monoisotopic (exact) mass is 565 g/mol. The van der Waals surface area contributed by atoms with Gasteiger partial charge in [0.25, 0.3) is 17.6 Å². The number of phenols is 1. The Morgan fingerprint density at radius 2 is 1.90 bits per heavy atom. The van der Waals surface area contributed by atoms with Crippen molar-refractivity contribution in [2.45, 2.75) is 12.8 Å². The summed E-state index contributed by atoms with van der Waals surface area (Å²) in [6.07, 6.45) is 4.15. The lowest BCUT2D eigenvalue weighted by Gasteiger charge is -2.33. The van der Waals surface area contributed by atoms with E-state index < -0.39 is 41.0 Å². The summed E-state index contributed by atoms with van der Waals surface area (Å²) >= 11 is 0. The zero-order chi connectivity index (χ0) is 29.3. The van der Waals surface area contributed by atoms with Gasteiger partial charge in [-0.2, -0.15) is 13.8 Å². The van der Waals surface area contributed by atoms with E-state index in [0.717, 1.165) is 0 Å². The van der Waals surface area contributed by atoms with E-state index in [1.807, 2.05) is 7.05 Å². The van der Waals surface area contributed by atoms with Crippen molar-refractivity contribution in [3.8, 4) is 40.4 Å². The molecule has 0 bridgehead atoms. The number of benzene rings is 2. The fraction of sp³-hybridized carbons (Fsp3) is 0.214. The maximum atomic E-state index is 16.0. The zero-order valence-corrected chi connectivity index (χ0v) is 21.9. The number of imidazole rings is 1. The van der Waals surface area contributed by atoms with Gasteiger partial charge in [-0.15, -0.1) is 0 Å². The maximum absolute atomic E-state index is 16.0. The molecule has 1 fully saturated rings. The van der Waals surface area contributed by atoms with Gasteiger partial charge in [-0.25, -0.2) is 4.98 Å². The number of halogens is 2. The van der Waals surface area contributed by atoms with Crippen LogP contribution in [0.25, 0.3) is 11.4 Å². The highest BCUT2D eigenvalue weighted by Crippen LogP contribution is 2.41. The molecule has 2 aromatic heterocycles. The second kappa shape index (κ2) is 11.1. The number of aromatic nitrogens is 3. The largest absolute Gasteiger partial charge is 0.504 e. The van der Waals surface area contributed by atoms with E-state index in [-0.39, 0.29) is 36.2 Å². The molecule has 1 aliphatic heterocycles. The number of carboxylic acid groups (broad SMARTS) is 1. The number of nitrogens with zero attached hydrogens (tertiary/aromatic N) is 4. The lowest BCUT2D eigenvalue weighted by atomic mass is 9.98. The number of anilines is 1. The Morgan fingerprint density at radius 3 is 2.59 bits per heavy atom. The maximum Gasteiger partial charge on any atom is 0.308 e. The molecular weight excluding hydrogens is 538 g/mol. The van der Waals surface area contributed by atoms with Crippen LogP contribution in [0.2, 0.25) is 0 Å². The minimum absolute atomic E-state index is 0.0762. The van der Waals surface area contributed by atoms with Crippen LogP contribution in [-0.4, -0.2) is 49.6 Å². The second-order valence-electron chi connectivity index (χ2n) is 9.55. The van der Waals surface area contributed by atoms with Gasteiger partial charge in [0.15, 0.2) is 11.5 Å². The predicted molar refractivity (Wildman–Crippen MR) is 144 cm³/mol. The Balaban J connectivity index is 1.59. The van der Waals surface area contributed by atoms with Gasteiger partial charge in [0, 0.05) is 44.2 Å². The van der Waals surface area contributed by atoms with Crippen LogP contribution >= 0.6 is 0 Å². The van der Waals surface area contributed by atoms with Crippen LogP contribution in [0.3, 0.4) is 0 Å². The number of amidine groups is 1.